The number of aliphatic hydroxyl groups is 6. The summed E-state index contributed by atoms with van der Waals surface area (Å²) in [6.07, 6.45) is -12.4. The molecule has 16 atom stereocenters. The second kappa shape index (κ2) is 14.9. The van der Waals surface area contributed by atoms with Crippen molar-refractivity contribution in [1.82, 2.24) is 0 Å². The molecule has 0 amide bonds. The zero-order valence-electron chi connectivity index (χ0n) is 27.7. The molecular weight excluding hydrogens is 684 g/mol. The van der Waals surface area contributed by atoms with E-state index >= 15 is 0 Å². The highest BCUT2D eigenvalue weighted by atomic mass is 16.8. The summed E-state index contributed by atoms with van der Waals surface area (Å²) < 4.78 is 51.6. The van der Waals surface area contributed by atoms with Gasteiger partial charge < -0.3 is 78.4 Å². The maximum Gasteiger partial charge on any atom is 0.331 e. The number of phenolic OH excluding ortho intramolecular Hbond substituents is 1. The Kier molecular flexibility index (Phi) is 10.9. The van der Waals surface area contributed by atoms with Gasteiger partial charge in [0.1, 0.15) is 42.2 Å². The molecule has 1 aliphatic carbocycles. The van der Waals surface area contributed by atoms with E-state index in [1.165, 1.54) is 38.5 Å². The number of phenols is 1. The molecule has 1 aromatic carbocycles. The minimum atomic E-state index is -1.73. The molecule has 6 rings (SSSR count). The summed E-state index contributed by atoms with van der Waals surface area (Å²) in [5.74, 6) is -3.21. The number of rotatable bonds is 11. The molecule has 0 aromatic heterocycles. The third-order valence-corrected chi connectivity index (χ3v) is 9.85. The lowest BCUT2D eigenvalue weighted by molar-refractivity contribution is -0.347. The van der Waals surface area contributed by atoms with Gasteiger partial charge in [0, 0.05) is 24.5 Å². The number of methoxy groups -OCH3 is 1. The number of ether oxygens (including phenoxy) is 9. The summed E-state index contributed by atoms with van der Waals surface area (Å²) in [4.78, 5) is 25.3. The molecular formula is C33H42O18. The van der Waals surface area contributed by atoms with Crippen molar-refractivity contribution in [2.24, 2.45) is 11.8 Å². The molecule has 3 saturated heterocycles. The van der Waals surface area contributed by atoms with Gasteiger partial charge in [-0.3, -0.25) is 4.79 Å². The molecule has 51 heavy (non-hydrogen) atoms. The first-order chi connectivity index (χ1) is 24.3. The molecule has 18 nitrogen and oxygen atoms in total. The quantitative estimate of drug-likeness (QED) is 0.0726. The predicted octanol–water partition coefficient (Wildman–Crippen LogP) is -2.19. The van der Waals surface area contributed by atoms with E-state index in [1.807, 2.05) is 0 Å². The van der Waals surface area contributed by atoms with Crippen LogP contribution in [-0.4, -0.2) is 154 Å². The Morgan fingerprint density at radius 3 is 2.37 bits per heavy atom. The van der Waals surface area contributed by atoms with Crippen molar-refractivity contribution in [3.05, 3.63) is 42.2 Å². The Labute approximate surface area is 291 Å². The lowest BCUT2D eigenvalue weighted by Crippen LogP contribution is -2.61. The molecule has 4 heterocycles. The molecule has 0 radical (unpaired) electrons. The molecule has 4 aliphatic heterocycles. The SMILES string of the molecule is COc1cccc(/C=C/C(=O)O[C@@H]2[C@@H](O)[C@H](C)O[C@H](O[C@H]3[C@@H]4C=CO[C@H](O[C@@H]5O[C@H](CO)[C@@H](O)[C@@H](O)[C@@H]5O)[C@@H]4[C@@]4(CO)O[C@@H]34)[C@H]2OC(C)=O)c1O. The highest BCUT2D eigenvalue weighted by molar-refractivity contribution is 5.88. The van der Waals surface area contributed by atoms with Gasteiger partial charge >= 0.3 is 11.9 Å². The largest absolute Gasteiger partial charge is 0.504 e. The fourth-order valence-electron chi connectivity index (χ4n) is 7.18. The van der Waals surface area contributed by atoms with E-state index in [1.54, 1.807) is 12.1 Å². The third-order valence-electron chi connectivity index (χ3n) is 9.85. The first-order valence-corrected chi connectivity index (χ1v) is 16.3. The number of esters is 2. The number of epoxide rings is 1. The summed E-state index contributed by atoms with van der Waals surface area (Å²) in [6, 6.07) is 4.66. The number of hydrogen-bond acceptors (Lipinski definition) is 18. The summed E-state index contributed by atoms with van der Waals surface area (Å²) in [5, 5.41) is 72.5. The Hall–Kier alpha value is -3.40. The van der Waals surface area contributed by atoms with Crippen LogP contribution in [-0.2, 0) is 47.5 Å². The summed E-state index contributed by atoms with van der Waals surface area (Å²) >= 11 is 0. The summed E-state index contributed by atoms with van der Waals surface area (Å²) in [7, 11) is 1.37. The number of carbonyl (C=O) groups excluding carboxylic acids is 2. The number of carbonyl (C=O) groups is 2. The van der Waals surface area contributed by atoms with Crippen molar-refractivity contribution in [1.29, 1.82) is 0 Å². The molecule has 0 unspecified atom stereocenters. The molecule has 0 bridgehead atoms. The summed E-state index contributed by atoms with van der Waals surface area (Å²) in [6.45, 7) is 1.41. The van der Waals surface area contributed by atoms with E-state index in [0.717, 1.165) is 13.0 Å². The van der Waals surface area contributed by atoms with E-state index < -0.39 is 122 Å². The Morgan fingerprint density at radius 1 is 0.922 bits per heavy atom. The van der Waals surface area contributed by atoms with E-state index in [0.29, 0.717) is 0 Å². The molecule has 4 fully saturated rings. The lowest BCUT2D eigenvalue weighted by Gasteiger charge is -2.44. The second-order valence-corrected chi connectivity index (χ2v) is 12.9. The molecule has 5 aliphatic rings. The van der Waals surface area contributed by atoms with Gasteiger partial charge in [-0.25, -0.2) is 4.79 Å². The average molecular weight is 727 g/mol. The number of benzene rings is 1. The van der Waals surface area contributed by atoms with E-state index in [2.05, 4.69) is 0 Å². The molecule has 18 heteroatoms. The van der Waals surface area contributed by atoms with Gasteiger partial charge in [0.25, 0.3) is 0 Å². The van der Waals surface area contributed by atoms with E-state index in [9.17, 15) is 45.3 Å². The van der Waals surface area contributed by atoms with Crippen LogP contribution in [0.15, 0.2) is 36.6 Å². The van der Waals surface area contributed by atoms with Crippen LogP contribution in [0.5, 0.6) is 11.5 Å². The maximum atomic E-state index is 13.0. The van der Waals surface area contributed by atoms with Gasteiger partial charge in [-0.05, 0) is 25.1 Å². The third kappa shape index (κ3) is 6.94. The number of hydrogen-bond donors (Lipinski definition) is 7. The van der Waals surface area contributed by atoms with Crippen molar-refractivity contribution in [2.75, 3.05) is 20.3 Å². The number of para-hydroxylation sites is 1. The van der Waals surface area contributed by atoms with Crippen LogP contribution in [0.25, 0.3) is 6.08 Å². The van der Waals surface area contributed by atoms with Crippen LogP contribution in [0, 0.1) is 11.8 Å². The lowest BCUT2D eigenvalue weighted by atomic mass is 9.85. The van der Waals surface area contributed by atoms with Crippen molar-refractivity contribution in [3.63, 3.8) is 0 Å². The van der Waals surface area contributed by atoms with E-state index in [-0.39, 0.29) is 17.1 Å². The maximum absolute atomic E-state index is 13.0. The van der Waals surface area contributed by atoms with Crippen molar-refractivity contribution in [3.8, 4) is 11.5 Å². The van der Waals surface area contributed by atoms with Gasteiger partial charge in [-0.2, -0.15) is 0 Å². The smallest absolute Gasteiger partial charge is 0.331 e. The van der Waals surface area contributed by atoms with Gasteiger partial charge in [0.2, 0.25) is 6.29 Å². The Morgan fingerprint density at radius 2 is 1.69 bits per heavy atom. The first-order valence-electron chi connectivity index (χ1n) is 16.3. The average Bonchev–Trinajstić information content (AvgIpc) is 3.78. The van der Waals surface area contributed by atoms with Crippen molar-refractivity contribution < 1.29 is 88.0 Å². The minimum absolute atomic E-state index is 0.180. The van der Waals surface area contributed by atoms with Gasteiger partial charge in [0.15, 0.2) is 36.3 Å². The van der Waals surface area contributed by atoms with Crippen molar-refractivity contribution >= 4 is 18.0 Å². The van der Waals surface area contributed by atoms with Crippen LogP contribution >= 0.6 is 0 Å². The second-order valence-electron chi connectivity index (χ2n) is 12.9. The van der Waals surface area contributed by atoms with Crippen LogP contribution in [0.3, 0.4) is 0 Å². The van der Waals surface area contributed by atoms with Gasteiger partial charge in [-0.15, -0.1) is 0 Å². The molecule has 1 aromatic rings. The summed E-state index contributed by atoms with van der Waals surface area (Å²) in [5.41, 5.74) is -1.03. The highest BCUT2D eigenvalue weighted by Crippen LogP contribution is 2.61. The Bertz CT molecular complexity index is 1480. The fourth-order valence-corrected chi connectivity index (χ4v) is 7.18. The van der Waals surface area contributed by atoms with Crippen LogP contribution < -0.4 is 4.74 Å². The minimum Gasteiger partial charge on any atom is -0.504 e. The predicted molar refractivity (Wildman–Crippen MR) is 165 cm³/mol. The number of aliphatic hydroxyl groups excluding tert-OH is 6. The van der Waals surface area contributed by atoms with Gasteiger partial charge in [-0.1, -0.05) is 12.1 Å². The normalized spacial score (nSPS) is 42.8. The standard InChI is InChI=1S/C33H42O18/c1-13-21(38)27(48-19(37)8-7-15-5-4-6-17(43-3)22(15)39)28(46-14(2)36)32(45-13)49-26-16-9-10-44-30(20(16)33(12-35)29(26)51-33)50-31-25(42)24(41)23(40)18(11-34)47-31/h4-10,13,16,18,20-21,23-32,34-35,38-42H,11-12H2,1-3H3/b8-7+/t13-,16+,18+,20+,21-,23+,24+,25-,26-,27+,28-,29-,30+,31-,32+,33+/m0/s1. The monoisotopic (exact) mass is 726 g/mol. The van der Waals surface area contributed by atoms with Crippen molar-refractivity contribution in [2.45, 2.75) is 99.4 Å². The van der Waals surface area contributed by atoms with Crippen LogP contribution in [0.1, 0.15) is 19.4 Å². The van der Waals surface area contributed by atoms with E-state index in [4.69, 9.17) is 42.6 Å². The van der Waals surface area contributed by atoms with Crippen LogP contribution in [0.4, 0.5) is 0 Å². The topological polar surface area (TPSA) is 262 Å². The fraction of sp³-hybridized carbons (Fsp3) is 0.636. The molecule has 282 valence electrons. The van der Waals surface area contributed by atoms with Gasteiger partial charge in [0.05, 0.1) is 44.7 Å². The molecule has 7 N–H and O–H groups in total. The molecule has 0 spiro atoms. The zero-order valence-corrected chi connectivity index (χ0v) is 27.7. The first kappa shape index (κ1) is 37.4. The van der Waals surface area contributed by atoms with Crippen LogP contribution in [0.2, 0.25) is 0 Å². The number of aromatic hydroxyl groups is 1. The molecule has 1 saturated carbocycles. The number of fused-ring (bicyclic) bond motifs is 3. The zero-order chi connectivity index (χ0) is 36.8. The Balaban J connectivity index is 1.21. The highest BCUT2D eigenvalue weighted by Gasteiger charge is 2.77.